The minimum Gasteiger partial charge on any atom is -0.381 e. The standard InChI is InChI=1S/C34H45N5O2/c1-23(2)39-30(13-16-36-39)27-12-11-25(20-29(27)34(3,4)22-35)28-21-32(33(40)37-26-14-17-41-18-15-26)38(5)31(28)19-24-9-7-6-8-10-24/h11-13,16,20-21,23-24,26H,6-10,14-15,17-19H2,1-5H3,(H,37,40). The van der Waals surface area contributed by atoms with Crippen molar-refractivity contribution in [1.82, 2.24) is 19.7 Å². The molecule has 218 valence electrons. The lowest BCUT2D eigenvalue weighted by Gasteiger charge is -2.24. The van der Waals surface area contributed by atoms with Crippen LogP contribution in [0.5, 0.6) is 0 Å². The summed E-state index contributed by atoms with van der Waals surface area (Å²) in [6.07, 6.45) is 10.8. The molecule has 0 unspecified atom stereocenters. The molecule has 7 nitrogen and oxygen atoms in total. The van der Waals surface area contributed by atoms with Crippen molar-refractivity contribution in [3.63, 3.8) is 0 Å². The van der Waals surface area contributed by atoms with E-state index in [-0.39, 0.29) is 18.0 Å². The summed E-state index contributed by atoms with van der Waals surface area (Å²) < 4.78 is 9.63. The molecule has 2 aliphatic rings. The smallest absolute Gasteiger partial charge is 0.268 e. The maximum Gasteiger partial charge on any atom is 0.268 e. The number of amides is 1. The fourth-order valence-corrected chi connectivity index (χ4v) is 6.58. The first-order chi connectivity index (χ1) is 19.7. The van der Waals surface area contributed by atoms with Gasteiger partial charge in [0.1, 0.15) is 5.69 Å². The van der Waals surface area contributed by atoms with Gasteiger partial charge in [-0.2, -0.15) is 10.4 Å². The van der Waals surface area contributed by atoms with E-state index in [1.165, 1.54) is 37.8 Å². The summed E-state index contributed by atoms with van der Waals surface area (Å²) in [5, 5.41) is 18.0. The highest BCUT2D eigenvalue weighted by molar-refractivity contribution is 5.95. The van der Waals surface area contributed by atoms with Gasteiger partial charge < -0.3 is 14.6 Å². The Morgan fingerprint density at radius 2 is 1.83 bits per heavy atom. The van der Waals surface area contributed by atoms with E-state index in [0.29, 0.717) is 24.8 Å². The highest BCUT2D eigenvalue weighted by Gasteiger charge is 2.29. The fraction of sp³-hybridized carbons (Fsp3) is 0.559. The summed E-state index contributed by atoms with van der Waals surface area (Å²) in [6, 6.07) is 13.5. The molecule has 3 aromatic rings. The molecule has 0 atom stereocenters. The Hall–Kier alpha value is -3.37. The lowest BCUT2D eigenvalue weighted by molar-refractivity contribution is 0.0692. The van der Waals surface area contributed by atoms with Crippen LogP contribution in [0.25, 0.3) is 22.4 Å². The summed E-state index contributed by atoms with van der Waals surface area (Å²) in [7, 11) is 2.04. The molecule has 2 aromatic heterocycles. The largest absolute Gasteiger partial charge is 0.381 e. The van der Waals surface area contributed by atoms with Crippen LogP contribution in [-0.4, -0.2) is 39.5 Å². The molecule has 5 rings (SSSR count). The van der Waals surface area contributed by atoms with Crippen molar-refractivity contribution in [2.75, 3.05) is 13.2 Å². The molecule has 1 aliphatic heterocycles. The average molecular weight is 556 g/mol. The Morgan fingerprint density at radius 1 is 1.10 bits per heavy atom. The van der Waals surface area contributed by atoms with Gasteiger partial charge in [-0.05, 0) is 82.2 Å². The van der Waals surface area contributed by atoms with Crippen LogP contribution in [-0.2, 0) is 23.6 Å². The van der Waals surface area contributed by atoms with Crippen LogP contribution >= 0.6 is 0 Å². The number of carbonyl (C=O) groups is 1. The van der Waals surface area contributed by atoms with Crippen LogP contribution in [0.4, 0.5) is 0 Å². The zero-order chi connectivity index (χ0) is 29.1. The Morgan fingerprint density at radius 3 is 2.51 bits per heavy atom. The summed E-state index contributed by atoms with van der Waals surface area (Å²) in [6.45, 7) is 9.58. The van der Waals surface area contributed by atoms with Gasteiger partial charge in [0.2, 0.25) is 0 Å². The van der Waals surface area contributed by atoms with Crippen LogP contribution in [0.15, 0.2) is 36.5 Å². The van der Waals surface area contributed by atoms with E-state index in [2.05, 4.69) is 59.2 Å². The monoisotopic (exact) mass is 555 g/mol. The number of aromatic nitrogens is 3. The van der Waals surface area contributed by atoms with E-state index in [4.69, 9.17) is 4.74 Å². The maximum absolute atomic E-state index is 13.6. The van der Waals surface area contributed by atoms with E-state index >= 15 is 0 Å². The molecular formula is C34H45N5O2. The topological polar surface area (TPSA) is 84.9 Å². The van der Waals surface area contributed by atoms with Crippen LogP contribution in [0, 0.1) is 17.2 Å². The van der Waals surface area contributed by atoms with Gasteiger partial charge in [-0.1, -0.05) is 44.2 Å². The molecule has 2 fully saturated rings. The maximum atomic E-state index is 13.6. The SMILES string of the molecule is CC(C)n1nccc1-c1ccc(-c2cc(C(=O)NC3CCOCC3)n(C)c2CC2CCCCC2)cc1C(C)(C)C#N. The molecule has 0 radical (unpaired) electrons. The number of nitrogens with zero attached hydrogens (tertiary/aromatic N) is 4. The van der Waals surface area contributed by atoms with Gasteiger partial charge in [-0.25, -0.2) is 0 Å². The van der Waals surface area contributed by atoms with Crippen LogP contribution in [0.1, 0.15) is 100 Å². The Labute approximate surface area is 244 Å². The van der Waals surface area contributed by atoms with Gasteiger partial charge in [0.05, 0.1) is 17.2 Å². The molecule has 1 N–H and O–H groups in total. The number of rotatable bonds is 8. The second kappa shape index (κ2) is 12.2. The summed E-state index contributed by atoms with van der Waals surface area (Å²) in [5.41, 5.74) is 6.34. The molecule has 1 aromatic carbocycles. The number of ether oxygens (including phenoxy) is 1. The number of benzene rings is 1. The third-order valence-electron chi connectivity index (χ3n) is 9.07. The third-order valence-corrected chi connectivity index (χ3v) is 9.07. The average Bonchev–Trinajstić information content (AvgIpc) is 3.59. The van der Waals surface area contributed by atoms with Crippen molar-refractivity contribution < 1.29 is 9.53 Å². The zero-order valence-corrected chi connectivity index (χ0v) is 25.4. The lowest BCUT2D eigenvalue weighted by Crippen LogP contribution is -2.39. The first kappa shape index (κ1) is 29.1. The van der Waals surface area contributed by atoms with Crippen molar-refractivity contribution in [3.05, 3.63) is 53.5 Å². The van der Waals surface area contributed by atoms with Gasteiger partial charge in [0.15, 0.2) is 0 Å². The predicted octanol–water partition coefficient (Wildman–Crippen LogP) is 6.97. The number of hydrogen-bond donors (Lipinski definition) is 1. The Bertz CT molecular complexity index is 1410. The van der Waals surface area contributed by atoms with E-state index in [0.717, 1.165) is 47.2 Å². The molecule has 1 saturated carbocycles. The predicted molar refractivity (Wildman–Crippen MR) is 163 cm³/mol. The Kier molecular flexibility index (Phi) is 8.70. The third kappa shape index (κ3) is 6.13. The molecule has 3 heterocycles. The first-order valence-electron chi connectivity index (χ1n) is 15.4. The van der Waals surface area contributed by atoms with Crippen LogP contribution < -0.4 is 5.32 Å². The van der Waals surface area contributed by atoms with Crippen molar-refractivity contribution >= 4 is 5.91 Å². The molecule has 0 bridgehead atoms. The first-order valence-corrected chi connectivity index (χ1v) is 15.4. The molecule has 0 spiro atoms. The minimum atomic E-state index is -0.709. The molecule has 41 heavy (non-hydrogen) atoms. The number of nitrogens with one attached hydrogen (secondary N) is 1. The van der Waals surface area contributed by atoms with Gasteiger partial charge >= 0.3 is 0 Å². The van der Waals surface area contributed by atoms with Gasteiger partial charge in [0.25, 0.3) is 5.91 Å². The minimum absolute atomic E-state index is 0.0226. The van der Waals surface area contributed by atoms with E-state index < -0.39 is 5.41 Å². The number of nitriles is 1. The number of carbonyl (C=O) groups excluding carboxylic acids is 1. The fourth-order valence-electron chi connectivity index (χ4n) is 6.58. The van der Waals surface area contributed by atoms with E-state index in [9.17, 15) is 10.1 Å². The molecule has 1 aliphatic carbocycles. The molecule has 1 saturated heterocycles. The van der Waals surface area contributed by atoms with E-state index in [1.54, 1.807) is 0 Å². The van der Waals surface area contributed by atoms with Gasteiger partial charge in [-0.3, -0.25) is 9.48 Å². The van der Waals surface area contributed by atoms with Crippen molar-refractivity contribution in [3.8, 4) is 28.5 Å². The van der Waals surface area contributed by atoms with E-state index in [1.807, 2.05) is 37.8 Å². The second-order valence-corrected chi connectivity index (χ2v) is 12.8. The highest BCUT2D eigenvalue weighted by Crippen LogP contribution is 2.39. The van der Waals surface area contributed by atoms with Gasteiger partial charge in [0, 0.05) is 55.4 Å². The number of hydrogen-bond acceptors (Lipinski definition) is 4. The van der Waals surface area contributed by atoms with Crippen LogP contribution in [0.2, 0.25) is 0 Å². The van der Waals surface area contributed by atoms with Crippen molar-refractivity contribution in [1.29, 1.82) is 5.26 Å². The highest BCUT2D eigenvalue weighted by atomic mass is 16.5. The molecular weight excluding hydrogens is 510 g/mol. The summed E-state index contributed by atoms with van der Waals surface area (Å²) in [5.74, 6) is 0.600. The Balaban J connectivity index is 1.60. The molecule has 1 amide bonds. The second-order valence-electron chi connectivity index (χ2n) is 12.8. The quantitative estimate of drug-likeness (QED) is 0.325. The van der Waals surface area contributed by atoms with Crippen LogP contribution in [0.3, 0.4) is 0 Å². The zero-order valence-electron chi connectivity index (χ0n) is 25.4. The normalized spacial score (nSPS) is 17.1. The van der Waals surface area contributed by atoms with Crippen molar-refractivity contribution in [2.24, 2.45) is 13.0 Å². The molecule has 7 heteroatoms. The van der Waals surface area contributed by atoms with Gasteiger partial charge in [-0.15, -0.1) is 0 Å². The lowest BCUT2D eigenvalue weighted by atomic mass is 9.80. The van der Waals surface area contributed by atoms with Crippen molar-refractivity contribution in [2.45, 2.75) is 96.6 Å². The summed E-state index contributed by atoms with van der Waals surface area (Å²) >= 11 is 0. The summed E-state index contributed by atoms with van der Waals surface area (Å²) in [4.78, 5) is 13.6.